The lowest BCUT2D eigenvalue weighted by Crippen LogP contribution is -2.41. The van der Waals surface area contributed by atoms with Gasteiger partial charge in [0, 0.05) is 5.46 Å². The number of ether oxygens (including phenoxy) is 1. The second-order valence-electron chi connectivity index (χ2n) is 5.63. The number of hydrogen-bond donors (Lipinski definition) is 0. The highest BCUT2D eigenvalue weighted by Gasteiger charge is 2.52. The zero-order valence-electron chi connectivity index (χ0n) is 12.0. The summed E-state index contributed by atoms with van der Waals surface area (Å²) in [5.74, 6) is 0.618. The molecule has 0 aromatic heterocycles. The van der Waals surface area contributed by atoms with Gasteiger partial charge in [-0.05, 0) is 33.8 Å². The van der Waals surface area contributed by atoms with Crippen LogP contribution in [0.3, 0.4) is 0 Å². The highest BCUT2D eigenvalue weighted by Crippen LogP contribution is 2.37. The topological polar surface area (TPSA) is 32.0 Å². The van der Waals surface area contributed by atoms with Crippen molar-refractivity contribution in [1.82, 2.24) is 0 Å². The Morgan fingerprint density at radius 2 is 1.74 bits per heavy atom. The van der Waals surface area contributed by atoms with Crippen LogP contribution >= 0.6 is 0 Å². The molecule has 1 fully saturated rings. The Hall–Kier alpha value is -1.51. The summed E-state index contributed by atoms with van der Waals surface area (Å²) in [5.41, 5.74) is 0.577. The minimum absolute atomic E-state index is 0.388. The zero-order chi connectivity index (χ0) is 14.3. The van der Waals surface area contributed by atoms with Gasteiger partial charge in [0.25, 0.3) is 0 Å². The number of nitrogens with zero attached hydrogens (tertiary/aromatic N) is 1. The molecule has 4 nitrogen and oxygen atoms in total. The van der Waals surface area contributed by atoms with E-state index in [0.29, 0.717) is 11.4 Å². The van der Waals surface area contributed by atoms with Crippen LogP contribution in [-0.2, 0) is 9.31 Å². The van der Waals surface area contributed by atoms with Gasteiger partial charge in [0.2, 0.25) is 0 Å². The fourth-order valence-electron chi connectivity index (χ4n) is 1.93. The van der Waals surface area contributed by atoms with Crippen molar-refractivity contribution < 1.29 is 14.0 Å². The molecule has 0 unspecified atom stereocenters. The van der Waals surface area contributed by atoms with Gasteiger partial charge in [-0.1, -0.05) is 12.1 Å². The van der Waals surface area contributed by atoms with Gasteiger partial charge in [0.05, 0.1) is 24.9 Å². The first-order valence-electron chi connectivity index (χ1n) is 6.22. The zero-order valence-corrected chi connectivity index (χ0v) is 12.0. The van der Waals surface area contributed by atoms with Gasteiger partial charge in [-0.2, -0.15) is 0 Å². The van der Waals surface area contributed by atoms with E-state index in [1.165, 1.54) is 0 Å². The van der Waals surface area contributed by atoms with Gasteiger partial charge in [-0.15, -0.1) is 0 Å². The summed E-state index contributed by atoms with van der Waals surface area (Å²) in [5, 5.41) is 0. The predicted octanol–water partition coefficient (Wildman–Crippen LogP) is 2.55. The van der Waals surface area contributed by atoms with Gasteiger partial charge in [0.15, 0.2) is 5.69 Å². The molecule has 1 heterocycles. The SMILES string of the molecule is [C-]#[N+]c1ccc(B2OC(C)(C)C(C)(C)O2)c(OC)c1. The molecule has 0 N–H and O–H groups in total. The minimum atomic E-state index is -0.472. The molecular formula is C14H18BNO3. The Morgan fingerprint density at radius 3 is 2.21 bits per heavy atom. The Morgan fingerprint density at radius 1 is 1.16 bits per heavy atom. The van der Waals surface area contributed by atoms with Crippen molar-refractivity contribution >= 4 is 18.3 Å². The molecule has 1 aliphatic heterocycles. The number of methoxy groups -OCH3 is 1. The third-order valence-electron chi connectivity index (χ3n) is 3.85. The Kier molecular flexibility index (Phi) is 3.33. The molecule has 0 bridgehead atoms. The first-order chi connectivity index (χ1) is 8.80. The molecule has 2 rings (SSSR count). The van der Waals surface area contributed by atoms with E-state index in [9.17, 15) is 0 Å². The van der Waals surface area contributed by atoms with Crippen LogP contribution in [0.25, 0.3) is 4.85 Å². The van der Waals surface area contributed by atoms with Crippen molar-refractivity contribution in [3.8, 4) is 5.75 Å². The van der Waals surface area contributed by atoms with Crippen molar-refractivity contribution in [2.24, 2.45) is 0 Å². The van der Waals surface area contributed by atoms with Crippen LogP contribution in [0.4, 0.5) is 5.69 Å². The van der Waals surface area contributed by atoms with Gasteiger partial charge in [-0.3, -0.25) is 0 Å². The average molecular weight is 259 g/mol. The summed E-state index contributed by atoms with van der Waals surface area (Å²) in [6.07, 6.45) is 0. The van der Waals surface area contributed by atoms with E-state index in [-0.39, 0.29) is 11.2 Å². The van der Waals surface area contributed by atoms with Crippen LogP contribution in [0.5, 0.6) is 5.75 Å². The van der Waals surface area contributed by atoms with Gasteiger partial charge < -0.3 is 14.0 Å². The third-order valence-corrected chi connectivity index (χ3v) is 3.85. The van der Waals surface area contributed by atoms with E-state index in [2.05, 4.69) is 4.85 Å². The van der Waals surface area contributed by atoms with Crippen molar-refractivity contribution in [1.29, 1.82) is 0 Å². The quantitative estimate of drug-likeness (QED) is 0.604. The Balaban J connectivity index is 2.37. The fourth-order valence-corrected chi connectivity index (χ4v) is 1.93. The Bertz CT molecular complexity index is 518. The van der Waals surface area contributed by atoms with Crippen LogP contribution < -0.4 is 10.2 Å². The smallest absolute Gasteiger partial charge is 0.498 e. The summed E-state index contributed by atoms with van der Waals surface area (Å²) >= 11 is 0. The van der Waals surface area contributed by atoms with Crippen LogP contribution in [0, 0.1) is 6.57 Å². The first-order valence-corrected chi connectivity index (χ1v) is 6.22. The first kappa shape index (κ1) is 13.9. The summed E-state index contributed by atoms with van der Waals surface area (Å²) in [7, 11) is 1.11. The lowest BCUT2D eigenvalue weighted by molar-refractivity contribution is 0.00578. The number of benzene rings is 1. The molecule has 0 saturated carbocycles. The van der Waals surface area contributed by atoms with Crippen LogP contribution in [0.15, 0.2) is 18.2 Å². The summed E-state index contributed by atoms with van der Waals surface area (Å²) in [4.78, 5) is 3.39. The second-order valence-corrected chi connectivity index (χ2v) is 5.63. The molecule has 0 atom stereocenters. The van der Waals surface area contributed by atoms with E-state index < -0.39 is 7.12 Å². The van der Waals surface area contributed by atoms with Crippen molar-refractivity contribution in [3.05, 3.63) is 29.6 Å². The molecule has 0 spiro atoms. The summed E-state index contributed by atoms with van der Waals surface area (Å²) < 4.78 is 17.3. The van der Waals surface area contributed by atoms with E-state index in [1.807, 2.05) is 33.8 Å². The molecule has 19 heavy (non-hydrogen) atoms. The molecule has 1 aromatic carbocycles. The molecule has 1 aromatic rings. The second kappa shape index (κ2) is 4.55. The molecular weight excluding hydrogens is 241 g/mol. The van der Waals surface area contributed by atoms with E-state index in [0.717, 1.165) is 5.46 Å². The van der Waals surface area contributed by atoms with E-state index in [4.69, 9.17) is 20.6 Å². The summed E-state index contributed by atoms with van der Waals surface area (Å²) in [6.45, 7) is 15.1. The van der Waals surface area contributed by atoms with Gasteiger partial charge in [0.1, 0.15) is 5.75 Å². The largest absolute Gasteiger partial charge is 0.498 e. The van der Waals surface area contributed by atoms with Crippen molar-refractivity contribution in [2.75, 3.05) is 7.11 Å². The van der Waals surface area contributed by atoms with E-state index >= 15 is 0 Å². The number of hydrogen-bond acceptors (Lipinski definition) is 3. The average Bonchev–Trinajstić information content (AvgIpc) is 2.57. The molecule has 1 saturated heterocycles. The number of rotatable bonds is 2. The Labute approximate surface area is 114 Å². The predicted molar refractivity (Wildman–Crippen MR) is 75.0 cm³/mol. The molecule has 5 heteroatoms. The third kappa shape index (κ3) is 2.34. The molecule has 0 radical (unpaired) electrons. The fraction of sp³-hybridized carbons (Fsp3) is 0.500. The van der Waals surface area contributed by atoms with Gasteiger partial charge >= 0.3 is 7.12 Å². The van der Waals surface area contributed by atoms with Crippen molar-refractivity contribution in [2.45, 2.75) is 38.9 Å². The summed E-state index contributed by atoms with van der Waals surface area (Å²) in [6, 6.07) is 5.28. The maximum atomic E-state index is 7.03. The highest BCUT2D eigenvalue weighted by atomic mass is 16.7. The normalized spacial score (nSPS) is 20.1. The van der Waals surface area contributed by atoms with E-state index in [1.54, 1.807) is 19.2 Å². The van der Waals surface area contributed by atoms with Crippen LogP contribution in [0.1, 0.15) is 27.7 Å². The van der Waals surface area contributed by atoms with Crippen LogP contribution in [-0.4, -0.2) is 25.4 Å². The van der Waals surface area contributed by atoms with Gasteiger partial charge in [-0.25, -0.2) is 4.85 Å². The molecule has 0 amide bonds. The molecule has 100 valence electrons. The standard InChI is InChI=1S/C14H18BNO3/c1-13(2)14(3,4)19-15(18-13)11-8-7-10(16-5)9-12(11)17-6/h7-9H,1-4,6H3. The minimum Gasteiger partial charge on any atom is -0.498 e. The monoisotopic (exact) mass is 259 g/mol. The molecule has 0 aliphatic carbocycles. The lowest BCUT2D eigenvalue weighted by Gasteiger charge is -2.32. The maximum absolute atomic E-state index is 7.03. The lowest BCUT2D eigenvalue weighted by atomic mass is 9.78. The highest BCUT2D eigenvalue weighted by molar-refractivity contribution is 6.63. The molecule has 1 aliphatic rings. The van der Waals surface area contributed by atoms with Crippen LogP contribution in [0.2, 0.25) is 0 Å². The van der Waals surface area contributed by atoms with Crippen molar-refractivity contribution in [3.63, 3.8) is 0 Å². The maximum Gasteiger partial charge on any atom is 0.498 e.